The number of furan rings is 1. The summed E-state index contributed by atoms with van der Waals surface area (Å²) < 4.78 is 11.3. The monoisotopic (exact) mass is 263 g/mol. The average Bonchev–Trinajstić information content (AvgIpc) is 2.97. The smallest absolute Gasteiger partial charge is 0.251 e. The van der Waals surface area contributed by atoms with Crippen LogP contribution in [0, 0.1) is 13.8 Å². The highest BCUT2D eigenvalue weighted by molar-refractivity contribution is 5.55. The van der Waals surface area contributed by atoms with Gasteiger partial charge in [0.25, 0.3) is 5.89 Å². The number of nitrogens with one attached hydrogen (secondary N) is 1. The van der Waals surface area contributed by atoms with Crippen LogP contribution in [0.25, 0.3) is 11.5 Å². The van der Waals surface area contributed by atoms with Crippen molar-refractivity contribution in [3.63, 3.8) is 0 Å². The van der Waals surface area contributed by atoms with Crippen molar-refractivity contribution in [1.82, 2.24) is 15.5 Å². The Labute approximate surface area is 113 Å². The molecule has 104 valence electrons. The first-order valence-electron chi connectivity index (χ1n) is 6.79. The van der Waals surface area contributed by atoms with Crippen LogP contribution in [0.15, 0.2) is 14.9 Å². The van der Waals surface area contributed by atoms with Gasteiger partial charge in [0, 0.05) is 0 Å². The Morgan fingerprint density at radius 3 is 2.58 bits per heavy atom. The van der Waals surface area contributed by atoms with Crippen molar-refractivity contribution in [2.24, 2.45) is 0 Å². The van der Waals surface area contributed by atoms with Gasteiger partial charge in [-0.2, -0.15) is 0 Å². The topological polar surface area (TPSA) is 64.1 Å². The molecule has 0 amide bonds. The number of rotatable bonds is 6. The van der Waals surface area contributed by atoms with Gasteiger partial charge in [-0.1, -0.05) is 13.8 Å². The molecule has 2 aromatic heterocycles. The van der Waals surface area contributed by atoms with E-state index < -0.39 is 0 Å². The Morgan fingerprint density at radius 1 is 1.21 bits per heavy atom. The van der Waals surface area contributed by atoms with Gasteiger partial charge in [-0.15, -0.1) is 10.2 Å². The van der Waals surface area contributed by atoms with Crippen molar-refractivity contribution < 1.29 is 8.83 Å². The molecular formula is C14H21N3O2. The van der Waals surface area contributed by atoms with Crippen LogP contribution in [-0.4, -0.2) is 16.7 Å². The van der Waals surface area contributed by atoms with E-state index in [4.69, 9.17) is 8.83 Å². The molecule has 2 heterocycles. The molecule has 5 heteroatoms. The zero-order valence-electron chi connectivity index (χ0n) is 12.0. The van der Waals surface area contributed by atoms with E-state index >= 15 is 0 Å². The SMILES string of the molecule is CCCNC(CC)c1nnc(-c2cc(C)oc2C)o1. The van der Waals surface area contributed by atoms with Crippen molar-refractivity contribution in [2.45, 2.75) is 46.6 Å². The van der Waals surface area contributed by atoms with E-state index in [-0.39, 0.29) is 6.04 Å². The van der Waals surface area contributed by atoms with Gasteiger partial charge in [-0.05, 0) is 39.3 Å². The second kappa shape index (κ2) is 6.02. The van der Waals surface area contributed by atoms with E-state index in [2.05, 4.69) is 29.4 Å². The summed E-state index contributed by atoms with van der Waals surface area (Å²) in [5.74, 6) is 2.83. The summed E-state index contributed by atoms with van der Waals surface area (Å²) in [4.78, 5) is 0. The molecule has 1 N–H and O–H groups in total. The lowest BCUT2D eigenvalue weighted by molar-refractivity contribution is 0.395. The fourth-order valence-corrected chi connectivity index (χ4v) is 2.05. The lowest BCUT2D eigenvalue weighted by Crippen LogP contribution is -2.21. The molecule has 0 bridgehead atoms. The highest BCUT2D eigenvalue weighted by Gasteiger charge is 2.19. The Kier molecular flexibility index (Phi) is 4.37. The highest BCUT2D eigenvalue weighted by Crippen LogP contribution is 2.27. The summed E-state index contributed by atoms with van der Waals surface area (Å²) in [6.45, 7) is 8.99. The van der Waals surface area contributed by atoms with Crippen LogP contribution in [0.5, 0.6) is 0 Å². The second-order valence-electron chi connectivity index (χ2n) is 4.69. The van der Waals surface area contributed by atoms with Gasteiger partial charge in [0.05, 0.1) is 11.6 Å². The van der Waals surface area contributed by atoms with E-state index in [1.807, 2.05) is 19.9 Å². The van der Waals surface area contributed by atoms with Crippen molar-refractivity contribution >= 4 is 0 Å². The second-order valence-corrected chi connectivity index (χ2v) is 4.69. The van der Waals surface area contributed by atoms with Crippen LogP contribution in [0.1, 0.15) is 50.1 Å². The Balaban J connectivity index is 2.20. The highest BCUT2D eigenvalue weighted by atomic mass is 16.4. The normalized spacial score (nSPS) is 12.8. The van der Waals surface area contributed by atoms with Gasteiger partial charge in [0.15, 0.2) is 0 Å². The first kappa shape index (κ1) is 13.8. The summed E-state index contributed by atoms with van der Waals surface area (Å²) >= 11 is 0. The first-order chi connectivity index (χ1) is 9.15. The number of aryl methyl sites for hydroxylation is 2. The fraction of sp³-hybridized carbons (Fsp3) is 0.571. The summed E-state index contributed by atoms with van der Waals surface area (Å²) in [6, 6.07) is 2.04. The fourth-order valence-electron chi connectivity index (χ4n) is 2.05. The van der Waals surface area contributed by atoms with Crippen LogP contribution < -0.4 is 5.32 Å². The zero-order chi connectivity index (χ0) is 13.8. The molecule has 0 fully saturated rings. The summed E-state index contributed by atoms with van der Waals surface area (Å²) in [7, 11) is 0. The Bertz CT molecular complexity index is 531. The van der Waals surface area contributed by atoms with E-state index in [1.54, 1.807) is 0 Å². The molecule has 0 aliphatic carbocycles. The predicted molar refractivity (Wildman–Crippen MR) is 72.8 cm³/mol. The molecule has 0 aromatic carbocycles. The van der Waals surface area contributed by atoms with Gasteiger partial charge in [-0.3, -0.25) is 0 Å². The van der Waals surface area contributed by atoms with Crippen molar-refractivity contribution in [2.75, 3.05) is 6.54 Å². The van der Waals surface area contributed by atoms with Crippen LogP contribution in [-0.2, 0) is 0 Å². The number of hydrogen-bond donors (Lipinski definition) is 1. The molecule has 0 saturated carbocycles. The third-order valence-corrected chi connectivity index (χ3v) is 3.06. The standard InChI is InChI=1S/C14H21N3O2/c1-5-7-15-12(6-2)14-17-16-13(19-14)11-8-9(3)18-10(11)4/h8,12,15H,5-7H2,1-4H3. The summed E-state index contributed by atoms with van der Waals surface area (Å²) in [5, 5.41) is 11.7. The molecule has 5 nitrogen and oxygen atoms in total. The number of aromatic nitrogens is 2. The van der Waals surface area contributed by atoms with Crippen molar-refractivity contribution in [1.29, 1.82) is 0 Å². The molecule has 1 atom stereocenters. The lowest BCUT2D eigenvalue weighted by atomic mass is 10.2. The molecule has 0 radical (unpaired) electrons. The molecule has 0 saturated heterocycles. The van der Waals surface area contributed by atoms with Crippen LogP contribution in [0.4, 0.5) is 0 Å². The molecule has 1 unspecified atom stereocenters. The van der Waals surface area contributed by atoms with Crippen LogP contribution in [0.2, 0.25) is 0 Å². The minimum absolute atomic E-state index is 0.120. The van der Waals surface area contributed by atoms with Gasteiger partial charge in [-0.25, -0.2) is 0 Å². The van der Waals surface area contributed by atoms with Crippen LogP contribution >= 0.6 is 0 Å². The summed E-state index contributed by atoms with van der Waals surface area (Å²) in [6.07, 6.45) is 2.00. The molecule has 19 heavy (non-hydrogen) atoms. The predicted octanol–water partition coefficient (Wildman–Crippen LogP) is 3.40. The Morgan fingerprint density at radius 2 is 2.00 bits per heavy atom. The number of nitrogens with zero attached hydrogens (tertiary/aromatic N) is 2. The largest absolute Gasteiger partial charge is 0.466 e. The maximum Gasteiger partial charge on any atom is 0.251 e. The molecule has 2 rings (SSSR count). The van der Waals surface area contributed by atoms with E-state index in [0.29, 0.717) is 11.8 Å². The number of hydrogen-bond acceptors (Lipinski definition) is 5. The van der Waals surface area contributed by atoms with E-state index in [9.17, 15) is 0 Å². The van der Waals surface area contributed by atoms with E-state index in [1.165, 1.54) is 0 Å². The maximum atomic E-state index is 5.77. The molecule has 0 aliphatic rings. The first-order valence-corrected chi connectivity index (χ1v) is 6.79. The maximum absolute atomic E-state index is 5.77. The molecule has 2 aromatic rings. The van der Waals surface area contributed by atoms with Gasteiger partial charge in [0.1, 0.15) is 11.5 Å². The van der Waals surface area contributed by atoms with Gasteiger partial charge in [0.2, 0.25) is 5.89 Å². The minimum Gasteiger partial charge on any atom is -0.466 e. The zero-order valence-corrected chi connectivity index (χ0v) is 12.0. The summed E-state index contributed by atoms with van der Waals surface area (Å²) in [5.41, 5.74) is 0.876. The molecule has 0 spiro atoms. The third-order valence-electron chi connectivity index (χ3n) is 3.06. The average molecular weight is 263 g/mol. The Hall–Kier alpha value is -1.62. The van der Waals surface area contributed by atoms with Crippen LogP contribution in [0.3, 0.4) is 0 Å². The quantitative estimate of drug-likeness (QED) is 0.865. The van der Waals surface area contributed by atoms with E-state index in [0.717, 1.165) is 36.5 Å². The molecule has 0 aliphatic heterocycles. The van der Waals surface area contributed by atoms with Crippen molar-refractivity contribution in [3.8, 4) is 11.5 Å². The van der Waals surface area contributed by atoms with Gasteiger partial charge < -0.3 is 14.2 Å². The lowest BCUT2D eigenvalue weighted by Gasteiger charge is -2.11. The third kappa shape index (κ3) is 3.04. The van der Waals surface area contributed by atoms with Crippen molar-refractivity contribution in [3.05, 3.63) is 23.5 Å². The minimum atomic E-state index is 0.120. The van der Waals surface area contributed by atoms with Gasteiger partial charge >= 0.3 is 0 Å². The molecular weight excluding hydrogens is 242 g/mol.